The van der Waals surface area contributed by atoms with Crippen molar-refractivity contribution in [2.45, 2.75) is 19.0 Å². The van der Waals surface area contributed by atoms with Crippen molar-refractivity contribution in [1.82, 2.24) is 4.90 Å². The molecule has 0 aliphatic rings. The Hall–Kier alpha value is -1.10. The highest BCUT2D eigenvalue weighted by molar-refractivity contribution is 6.31. The molecule has 1 aromatic carbocycles. The Morgan fingerprint density at radius 2 is 2.18 bits per heavy atom. The van der Waals surface area contributed by atoms with Gasteiger partial charge < -0.3 is 15.7 Å². The molecule has 5 heteroatoms. The highest BCUT2D eigenvalue weighted by Gasteiger charge is 2.12. The molecule has 1 atom stereocenters. The van der Waals surface area contributed by atoms with E-state index >= 15 is 0 Å². The molecule has 0 fully saturated rings. The Bertz CT molecular complexity index is 407. The molecular formula is C12H17ClN2O2. The molecule has 0 amide bonds. The van der Waals surface area contributed by atoms with E-state index in [1.807, 2.05) is 31.1 Å². The van der Waals surface area contributed by atoms with E-state index in [0.29, 0.717) is 5.02 Å². The van der Waals surface area contributed by atoms with Crippen molar-refractivity contribution in [2.75, 3.05) is 14.1 Å². The summed E-state index contributed by atoms with van der Waals surface area (Å²) in [6.07, 6.45) is -0.0939. The monoisotopic (exact) mass is 256 g/mol. The number of nitrogens with two attached hydrogens (primary N) is 1. The van der Waals surface area contributed by atoms with Crippen molar-refractivity contribution in [3.63, 3.8) is 0 Å². The van der Waals surface area contributed by atoms with Crippen LogP contribution in [0.3, 0.4) is 0 Å². The van der Waals surface area contributed by atoms with Gasteiger partial charge >= 0.3 is 5.97 Å². The molecule has 0 spiro atoms. The number of aliphatic carboxylic acids is 1. The van der Waals surface area contributed by atoms with Crippen LogP contribution in [0.4, 0.5) is 0 Å². The van der Waals surface area contributed by atoms with E-state index in [-0.39, 0.29) is 6.42 Å². The van der Waals surface area contributed by atoms with Gasteiger partial charge in [0.25, 0.3) is 0 Å². The van der Waals surface area contributed by atoms with E-state index in [9.17, 15) is 4.79 Å². The number of halogens is 1. The Balaban J connectivity index is 2.84. The Morgan fingerprint density at radius 1 is 1.53 bits per heavy atom. The first-order valence-electron chi connectivity index (χ1n) is 5.30. The lowest BCUT2D eigenvalue weighted by molar-refractivity contribution is -0.137. The molecule has 0 bridgehead atoms. The second-order valence-electron chi connectivity index (χ2n) is 4.29. The van der Waals surface area contributed by atoms with E-state index in [0.717, 1.165) is 17.7 Å². The maximum absolute atomic E-state index is 10.6. The molecule has 0 saturated heterocycles. The first-order valence-corrected chi connectivity index (χ1v) is 5.68. The quantitative estimate of drug-likeness (QED) is 0.844. The summed E-state index contributed by atoms with van der Waals surface area (Å²) in [4.78, 5) is 12.6. The third-order valence-electron chi connectivity index (χ3n) is 2.39. The molecule has 1 aromatic rings. The van der Waals surface area contributed by atoms with Crippen LogP contribution in [0.1, 0.15) is 23.6 Å². The van der Waals surface area contributed by atoms with Crippen molar-refractivity contribution >= 4 is 17.6 Å². The van der Waals surface area contributed by atoms with E-state index in [1.54, 1.807) is 6.07 Å². The van der Waals surface area contributed by atoms with Gasteiger partial charge in [-0.05, 0) is 31.3 Å². The van der Waals surface area contributed by atoms with Gasteiger partial charge in [-0.25, -0.2) is 0 Å². The van der Waals surface area contributed by atoms with E-state index in [2.05, 4.69) is 0 Å². The van der Waals surface area contributed by atoms with Crippen LogP contribution in [0.2, 0.25) is 5.02 Å². The molecule has 0 aromatic heterocycles. The first-order chi connectivity index (χ1) is 7.90. The maximum Gasteiger partial charge on any atom is 0.305 e. The summed E-state index contributed by atoms with van der Waals surface area (Å²) in [5.74, 6) is -0.911. The third-order valence-corrected chi connectivity index (χ3v) is 2.74. The SMILES string of the molecule is CN(C)Cc1ccc(C(N)CC(=O)O)cc1Cl. The first kappa shape index (κ1) is 14.0. The van der Waals surface area contributed by atoms with Gasteiger partial charge in [-0.2, -0.15) is 0 Å². The summed E-state index contributed by atoms with van der Waals surface area (Å²) in [6.45, 7) is 0.743. The maximum atomic E-state index is 10.6. The molecule has 94 valence electrons. The minimum absolute atomic E-state index is 0.0939. The molecule has 3 N–H and O–H groups in total. The van der Waals surface area contributed by atoms with E-state index in [1.165, 1.54) is 0 Å². The minimum atomic E-state index is -0.911. The van der Waals surface area contributed by atoms with Crippen molar-refractivity contribution in [2.24, 2.45) is 5.73 Å². The molecule has 1 unspecified atom stereocenters. The number of hydrogen-bond acceptors (Lipinski definition) is 3. The number of carboxylic acids is 1. The summed E-state index contributed by atoms with van der Waals surface area (Å²) in [7, 11) is 3.92. The summed E-state index contributed by atoms with van der Waals surface area (Å²) in [6, 6.07) is 4.95. The van der Waals surface area contributed by atoms with Crippen LogP contribution in [0.5, 0.6) is 0 Å². The summed E-state index contributed by atoms with van der Waals surface area (Å²) < 4.78 is 0. The predicted octanol–water partition coefficient (Wildman–Crippen LogP) is 1.88. The van der Waals surface area contributed by atoms with Gasteiger partial charge in [0.1, 0.15) is 0 Å². The fraction of sp³-hybridized carbons (Fsp3) is 0.417. The fourth-order valence-corrected chi connectivity index (χ4v) is 1.82. The van der Waals surface area contributed by atoms with Gasteiger partial charge in [0.15, 0.2) is 0 Å². The zero-order valence-electron chi connectivity index (χ0n) is 9.98. The molecular weight excluding hydrogens is 240 g/mol. The van der Waals surface area contributed by atoms with Crippen LogP contribution in [-0.4, -0.2) is 30.1 Å². The van der Waals surface area contributed by atoms with Crippen molar-refractivity contribution < 1.29 is 9.90 Å². The number of hydrogen-bond donors (Lipinski definition) is 2. The Labute approximate surface area is 106 Å². The van der Waals surface area contributed by atoms with Crippen LogP contribution in [0, 0.1) is 0 Å². The summed E-state index contributed by atoms with van der Waals surface area (Å²) >= 11 is 6.12. The van der Waals surface area contributed by atoms with Gasteiger partial charge in [-0.1, -0.05) is 23.7 Å². The molecule has 0 heterocycles. The lowest BCUT2D eigenvalue weighted by atomic mass is 10.0. The average molecular weight is 257 g/mol. The molecule has 0 radical (unpaired) electrons. The highest BCUT2D eigenvalue weighted by atomic mass is 35.5. The summed E-state index contributed by atoms with van der Waals surface area (Å²) in [5, 5.41) is 9.29. The number of rotatable bonds is 5. The van der Waals surface area contributed by atoms with Crippen LogP contribution >= 0.6 is 11.6 Å². The van der Waals surface area contributed by atoms with Crippen molar-refractivity contribution in [3.8, 4) is 0 Å². The molecule has 17 heavy (non-hydrogen) atoms. The fourth-order valence-electron chi connectivity index (χ4n) is 1.57. The number of carboxylic acid groups (broad SMARTS) is 1. The number of benzene rings is 1. The van der Waals surface area contributed by atoms with Crippen LogP contribution in [0.15, 0.2) is 18.2 Å². The average Bonchev–Trinajstić information content (AvgIpc) is 2.19. The second kappa shape index (κ2) is 6.00. The lowest BCUT2D eigenvalue weighted by Gasteiger charge is -2.14. The van der Waals surface area contributed by atoms with Crippen molar-refractivity contribution in [1.29, 1.82) is 0 Å². The predicted molar refractivity (Wildman–Crippen MR) is 68.0 cm³/mol. The standard InChI is InChI=1S/C12H17ClN2O2/c1-15(2)7-9-4-3-8(5-10(9)13)11(14)6-12(16)17/h3-5,11H,6-7,14H2,1-2H3,(H,16,17). The zero-order chi connectivity index (χ0) is 13.0. The molecule has 1 rings (SSSR count). The zero-order valence-corrected chi connectivity index (χ0v) is 10.7. The van der Waals surface area contributed by atoms with Gasteiger partial charge in [-0.3, -0.25) is 4.79 Å². The van der Waals surface area contributed by atoms with Crippen LogP contribution in [0.25, 0.3) is 0 Å². The third kappa shape index (κ3) is 4.34. The molecule has 4 nitrogen and oxygen atoms in total. The normalized spacial score (nSPS) is 12.8. The van der Waals surface area contributed by atoms with Gasteiger partial charge in [0, 0.05) is 17.6 Å². The van der Waals surface area contributed by atoms with E-state index in [4.69, 9.17) is 22.4 Å². The Morgan fingerprint density at radius 3 is 2.65 bits per heavy atom. The smallest absolute Gasteiger partial charge is 0.305 e. The van der Waals surface area contributed by atoms with Gasteiger partial charge in [0.05, 0.1) is 6.42 Å². The number of carbonyl (C=O) groups is 1. The van der Waals surface area contributed by atoms with Crippen molar-refractivity contribution in [3.05, 3.63) is 34.3 Å². The second-order valence-corrected chi connectivity index (χ2v) is 4.70. The van der Waals surface area contributed by atoms with E-state index < -0.39 is 12.0 Å². The molecule has 0 aliphatic heterocycles. The largest absolute Gasteiger partial charge is 0.481 e. The van der Waals surface area contributed by atoms with Crippen LogP contribution in [-0.2, 0) is 11.3 Å². The number of nitrogens with zero attached hydrogens (tertiary/aromatic N) is 1. The minimum Gasteiger partial charge on any atom is -0.481 e. The molecule has 0 aliphatic carbocycles. The topological polar surface area (TPSA) is 66.6 Å². The summed E-state index contributed by atoms with van der Waals surface area (Å²) in [5.41, 5.74) is 7.52. The Kier molecular flexibility index (Phi) is 4.93. The van der Waals surface area contributed by atoms with Gasteiger partial charge in [-0.15, -0.1) is 0 Å². The van der Waals surface area contributed by atoms with Gasteiger partial charge in [0.2, 0.25) is 0 Å². The highest BCUT2D eigenvalue weighted by Crippen LogP contribution is 2.23. The van der Waals surface area contributed by atoms with Crippen LogP contribution < -0.4 is 5.73 Å². The lowest BCUT2D eigenvalue weighted by Crippen LogP contribution is -2.15. The molecule has 0 saturated carbocycles.